The minimum absolute atomic E-state index is 0.220. The number of carbonyl (C=O) groups excluding carboxylic acids is 1. The molecule has 0 saturated carbocycles. The van der Waals surface area contributed by atoms with Gasteiger partial charge in [0.15, 0.2) is 0 Å². The van der Waals surface area contributed by atoms with Crippen LogP contribution in [0.15, 0.2) is 30.3 Å². The van der Waals surface area contributed by atoms with E-state index in [4.69, 9.17) is 0 Å². The van der Waals surface area contributed by atoms with E-state index in [1.54, 1.807) is 18.2 Å². The number of quaternary nitrogens is 1. The van der Waals surface area contributed by atoms with Gasteiger partial charge in [0.25, 0.3) is 0 Å². The highest BCUT2D eigenvalue weighted by Gasteiger charge is 2.05. The molecule has 204 valence electrons. The monoisotopic (exact) mass is 489 g/mol. The van der Waals surface area contributed by atoms with E-state index in [1.807, 2.05) is 0 Å². The van der Waals surface area contributed by atoms with Gasteiger partial charge < -0.3 is 15.6 Å². The molecule has 3 heteroatoms. The molecule has 35 heavy (non-hydrogen) atoms. The summed E-state index contributed by atoms with van der Waals surface area (Å²) in [5.74, 6) is -1.13. The Hall–Kier alpha value is -1.35. The largest absolute Gasteiger partial charge is 0.545 e. The molecule has 0 radical (unpaired) electrons. The lowest BCUT2D eigenvalue weighted by molar-refractivity contribution is -0.423. The summed E-state index contributed by atoms with van der Waals surface area (Å²) in [5.41, 5.74) is 4.61. The molecule has 3 nitrogen and oxygen atoms in total. The highest BCUT2D eigenvalue weighted by molar-refractivity contribution is 5.85. The van der Waals surface area contributed by atoms with Crippen LogP contribution >= 0.6 is 0 Å². The first-order valence-corrected chi connectivity index (χ1v) is 15.2. The Morgan fingerprint density at radius 3 is 1.20 bits per heavy atom. The Kier molecular flexibility index (Phi) is 26.2. The lowest BCUT2D eigenvalue weighted by Crippen LogP contribution is -2.60. The summed E-state index contributed by atoms with van der Waals surface area (Å²) < 4.78 is 0. The fourth-order valence-corrected chi connectivity index (χ4v) is 4.56. The number of unbranched alkanes of at least 4 members (excludes halogenated alkanes) is 18. The molecular weight excluding hydrogens is 430 g/mol. The van der Waals surface area contributed by atoms with Gasteiger partial charge in [-0.2, -0.15) is 0 Å². The van der Waals surface area contributed by atoms with Crippen molar-refractivity contribution in [1.29, 1.82) is 0 Å². The van der Waals surface area contributed by atoms with Gasteiger partial charge in [-0.05, 0) is 31.2 Å². The van der Waals surface area contributed by atoms with Gasteiger partial charge in [0, 0.05) is 0 Å². The van der Waals surface area contributed by atoms with Crippen molar-refractivity contribution in [3.05, 3.63) is 35.9 Å². The first-order chi connectivity index (χ1) is 17.1. The molecule has 0 spiro atoms. The van der Waals surface area contributed by atoms with Gasteiger partial charge in [-0.15, -0.1) is 0 Å². The van der Waals surface area contributed by atoms with E-state index in [2.05, 4.69) is 19.6 Å². The second-order valence-corrected chi connectivity index (χ2v) is 10.5. The maximum atomic E-state index is 10.1. The molecule has 0 saturated heterocycles. The van der Waals surface area contributed by atoms with Crippen LogP contribution in [0.2, 0.25) is 0 Å². The fourth-order valence-electron chi connectivity index (χ4n) is 4.56. The SMILES string of the molecule is CCCCCCCCCCCCC([NH3+])CCCCCCCCCCCC.O=C([O-])c1ccccc1. The average molecular weight is 490 g/mol. The standard InChI is InChI=1S/C25H53N.C7H6O2/c1-3-5-7-9-11-13-15-17-19-21-23-25(26)24-22-20-18-16-14-12-10-8-6-4-2;8-7(9)6-4-2-1-3-5-6/h25H,3-24,26H2,1-2H3;1-5H,(H,8,9). The number of carboxylic acids is 1. The van der Waals surface area contributed by atoms with E-state index in [9.17, 15) is 9.90 Å². The van der Waals surface area contributed by atoms with Crippen LogP contribution in [-0.4, -0.2) is 12.0 Å². The third-order valence-corrected chi connectivity index (χ3v) is 6.94. The molecule has 0 amide bonds. The Balaban J connectivity index is 0.00000106. The van der Waals surface area contributed by atoms with Gasteiger partial charge in [-0.1, -0.05) is 160 Å². The van der Waals surface area contributed by atoms with Crippen molar-refractivity contribution in [1.82, 2.24) is 0 Å². The first kappa shape index (κ1) is 33.7. The molecule has 1 rings (SSSR count). The van der Waals surface area contributed by atoms with Crippen molar-refractivity contribution in [2.75, 3.05) is 0 Å². The van der Waals surface area contributed by atoms with E-state index in [-0.39, 0.29) is 5.56 Å². The Bertz CT molecular complexity index is 522. The third kappa shape index (κ3) is 25.5. The highest BCUT2D eigenvalue weighted by Crippen LogP contribution is 2.14. The minimum Gasteiger partial charge on any atom is -0.545 e. The van der Waals surface area contributed by atoms with Crippen molar-refractivity contribution >= 4 is 5.97 Å². The van der Waals surface area contributed by atoms with Crippen LogP contribution in [0.5, 0.6) is 0 Å². The summed E-state index contributed by atoms with van der Waals surface area (Å²) in [6.07, 6.45) is 31.6. The summed E-state index contributed by atoms with van der Waals surface area (Å²) >= 11 is 0. The number of carboxylic acid groups (broad SMARTS) is 1. The predicted octanol–water partition coefficient (Wildman–Crippen LogP) is 8.27. The minimum atomic E-state index is -1.13. The van der Waals surface area contributed by atoms with E-state index >= 15 is 0 Å². The second-order valence-electron chi connectivity index (χ2n) is 10.5. The maximum Gasteiger partial charge on any atom is 0.0843 e. The molecule has 0 aliphatic carbocycles. The molecule has 1 aromatic rings. The molecule has 0 fully saturated rings. The third-order valence-electron chi connectivity index (χ3n) is 6.94. The normalized spacial score (nSPS) is 10.9. The van der Waals surface area contributed by atoms with E-state index in [1.165, 1.54) is 153 Å². The van der Waals surface area contributed by atoms with Crippen LogP contribution in [0.25, 0.3) is 0 Å². The van der Waals surface area contributed by atoms with Crippen LogP contribution in [0, 0.1) is 0 Å². The highest BCUT2D eigenvalue weighted by atomic mass is 16.4. The molecule has 0 aliphatic rings. The molecule has 0 aliphatic heterocycles. The topological polar surface area (TPSA) is 67.8 Å². The van der Waals surface area contributed by atoms with Crippen molar-refractivity contribution in [3.8, 4) is 0 Å². The van der Waals surface area contributed by atoms with Crippen LogP contribution < -0.4 is 10.8 Å². The Labute approximate surface area is 218 Å². The van der Waals surface area contributed by atoms with E-state index < -0.39 is 5.97 Å². The quantitative estimate of drug-likeness (QED) is 0.157. The van der Waals surface area contributed by atoms with Crippen molar-refractivity contribution in [2.45, 2.75) is 161 Å². The van der Waals surface area contributed by atoms with Gasteiger partial charge in [0.2, 0.25) is 0 Å². The van der Waals surface area contributed by atoms with Crippen molar-refractivity contribution in [3.63, 3.8) is 0 Å². The van der Waals surface area contributed by atoms with Crippen molar-refractivity contribution < 1.29 is 15.6 Å². The van der Waals surface area contributed by atoms with Gasteiger partial charge >= 0.3 is 0 Å². The molecule has 0 atom stereocenters. The number of hydrogen-bond acceptors (Lipinski definition) is 2. The number of rotatable bonds is 23. The second kappa shape index (κ2) is 27.2. The maximum absolute atomic E-state index is 10.1. The number of carbonyl (C=O) groups is 1. The predicted molar refractivity (Wildman–Crippen MR) is 150 cm³/mol. The first-order valence-electron chi connectivity index (χ1n) is 15.2. The zero-order valence-electron chi connectivity index (χ0n) is 23.5. The van der Waals surface area contributed by atoms with Crippen LogP contribution in [0.3, 0.4) is 0 Å². The summed E-state index contributed by atoms with van der Waals surface area (Å²) in [7, 11) is 0. The number of aromatic carboxylic acids is 1. The van der Waals surface area contributed by atoms with E-state index in [0.717, 1.165) is 6.04 Å². The summed E-state index contributed by atoms with van der Waals surface area (Å²) in [5, 5.41) is 10.1. The van der Waals surface area contributed by atoms with Gasteiger partial charge in [0.05, 0.1) is 12.0 Å². The van der Waals surface area contributed by atoms with Gasteiger partial charge in [-0.3, -0.25) is 0 Å². The smallest absolute Gasteiger partial charge is 0.0843 e. The average Bonchev–Trinajstić information content (AvgIpc) is 2.87. The zero-order chi connectivity index (χ0) is 25.8. The van der Waals surface area contributed by atoms with Crippen LogP contribution in [0.4, 0.5) is 0 Å². The molecule has 3 N–H and O–H groups in total. The zero-order valence-corrected chi connectivity index (χ0v) is 23.5. The lowest BCUT2D eigenvalue weighted by Gasteiger charge is -2.08. The van der Waals surface area contributed by atoms with Gasteiger partial charge in [0.1, 0.15) is 0 Å². The van der Waals surface area contributed by atoms with E-state index in [0.29, 0.717) is 0 Å². The summed E-state index contributed by atoms with van der Waals surface area (Å²) in [6, 6.07) is 8.78. The van der Waals surface area contributed by atoms with Crippen LogP contribution in [-0.2, 0) is 0 Å². The lowest BCUT2D eigenvalue weighted by atomic mass is 10.00. The Morgan fingerprint density at radius 1 is 0.600 bits per heavy atom. The fraction of sp³-hybridized carbons (Fsp3) is 0.781. The number of benzene rings is 1. The number of hydrogen-bond donors (Lipinski definition) is 1. The molecular formula is C32H59NO2. The van der Waals surface area contributed by atoms with Crippen LogP contribution in [0.1, 0.15) is 165 Å². The summed E-state index contributed by atoms with van der Waals surface area (Å²) in [4.78, 5) is 10.1. The molecule has 0 bridgehead atoms. The molecule has 0 aromatic heterocycles. The molecule has 0 heterocycles. The Morgan fingerprint density at radius 2 is 0.914 bits per heavy atom. The molecule has 1 aromatic carbocycles. The van der Waals surface area contributed by atoms with Gasteiger partial charge in [-0.25, -0.2) is 0 Å². The van der Waals surface area contributed by atoms with Crippen molar-refractivity contribution in [2.24, 2.45) is 0 Å². The summed E-state index contributed by atoms with van der Waals surface area (Å²) in [6.45, 7) is 4.60. The molecule has 0 unspecified atom stereocenters.